The Hall–Kier alpha value is -3.13. The zero-order valence-corrected chi connectivity index (χ0v) is 19.1. The third-order valence-electron chi connectivity index (χ3n) is 5.70. The molecule has 8 nitrogen and oxygen atoms in total. The van der Waals surface area contributed by atoms with Gasteiger partial charge in [0.05, 0.1) is 26.4 Å². The number of hydrogen-bond acceptors (Lipinski definition) is 6. The number of aldehydes is 1. The van der Waals surface area contributed by atoms with Gasteiger partial charge in [-0.15, -0.1) is 0 Å². The predicted molar refractivity (Wildman–Crippen MR) is 117 cm³/mol. The molecule has 4 rings (SSSR count). The normalized spacial score (nSPS) is 17.1. The number of hydrogen-bond donors (Lipinski definition) is 2. The van der Waals surface area contributed by atoms with Gasteiger partial charge in [-0.1, -0.05) is 12.1 Å². The third-order valence-corrected chi connectivity index (χ3v) is 5.70. The zero-order valence-electron chi connectivity index (χ0n) is 19.1. The number of rotatable bonds is 6. The van der Waals surface area contributed by atoms with Crippen LogP contribution in [0.4, 0.5) is 0 Å². The lowest BCUT2D eigenvalue weighted by Gasteiger charge is -2.15. The number of aromatic nitrogens is 2. The van der Waals surface area contributed by atoms with Gasteiger partial charge in [0.15, 0.2) is 0 Å². The molecule has 1 aliphatic heterocycles. The second-order valence-electron chi connectivity index (χ2n) is 8.52. The van der Waals surface area contributed by atoms with Gasteiger partial charge in [0.1, 0.15) is 6.29 Å². The van der Waals surface area contributed by atoms with Crippen LogP contribution < -0.4 is 18.9 Å². The molecular formula is C24H32N2O6+2. The first-order chi connectivity index (χ1) is 15.3. The summed E-state index contributed by atoms with van der Waals surface area (Å²) < 4.78 is 18.0. The number of nitrogens with zero attached hydrogens (tertiary/aromatic N) is 2. The SMILES string of the molecule is CC1(C)CC(CCCC=O)CO1.COc1cccc2c1[n+](O)c1cccc(OC)c1[n+]2O. The van der Waals surface area contributed by atoms with Crippen LogP contribution in [-0.2, 0) is 9.53 Å². The number of methoxy groups -OCH3 is 2. The van der Waals surface area contributed by atoms with E-state index in [2.05, 4.69) is 13.8 Å². The van der Waals surface area contributed by atoms with Crippen molar-refractivity contribution in [3.63, 3.8) is 0 Å². The van der Waals surface area contributed by atoms with Crippen molar-refractivity contribution in [2.45, 2.75) is 45.1 Å². The molecule has 32 heavy (non-hydrogen) atoms. The van der Waals surface area contributed by atoms with E-state index in [0.29, 0.717) is 45.9 Å². The molecule has 2 aromatic carbocycles. The van der Waals surface area contributed by atoms with E-state index in [0.717, 1.165) is 41.6 Å². The molecule has 0 bridgehead atoms. The maximum absolute atomic E-state index is 10.4. The van der Waals surface area contributed by atoms with E-state index in [-0.39, 0.29) is 5.60 Å². The van der Waals surface area contributed by atoms with Gasteiger partial charge >= 0.3 is 22.1 Å². The minimum atomic E-state index is 0.0752. The highest BCUT2D eigenvalue weighted by atomic mass is 16.5. The first-order valence-electron chi connectivity index (χ1n) is 10.7. The number of unbranched alkanes of at least 4 members (excludes halogenated alkanes) is 1. The Morgan fingerprint density at radius 1 is 1.03 bits per heavy atom. The summed E-state index contributed by atoms with van der Waals surface area (Å²) in [4.78, 5) is 10.1. The molecule has 1 atom stereocenters. The number of para-hydroxylation sites is 2. The van der Waals surface area contributed by atoms with Gasteiger partial charge in [-0.3, -0.25) is 10.4 Å². The van der Waals surface area contributed by atoms with Crippen LogP contribution in [0.2, 0.25) is 0 Å². The Morgan fingerprint density at radius 3 is 1.97 bits per heavy atom. The Balaban J connectivity index is 0.000000207. The van der Waals surface area contributed by atoms with Gasteiger partial charge in [-0.2, -0.15) is 0 Å². The molecule has 0 saturated carbocycles. The maximum atomic E-state index is 10.4. The van der Waals surface area contributed by atoms with Crippen molar-refractivity contribution >= 4 is 28.4 Å². The van der Waals surface area contributed by atoms with Crippen LogP contribution in [-0.4, -0.2) is 43.1 Å². The van der Waals surface area contributed by atoms with E-state index in [9.17, 15) is 15.2 Å². The van der Waals surface area contributed by atoms with Crippen molar-refractivity contribution in [2.24, 2.45) is 5.92 Å². The molecule has 1 aromatic heterocycles. The molecule has 1 aliphatic rings. The fourth-order valence-electron chi connectivity index (χ4n) is 4.19. The topological polar surface area (TPSA) is 93.0 Å². The van der Waals surface area contributed by atoms with Crippen molar-refractivity contribution in [3.05, 3.63) is 36.4 Å². The van der Waals surface area contributed by atoms with Crippen molar-refractivity contribution in [1.29, 1.82) is 0 Å². The fraction of sp³-hybridized carbons (Fsp3) is 0.458. The van der Waals surface area contributed by atoms with E-state index < -0.39 is 0 Å². The Kier molecular flexibility index (Phi) is 7.35. The first-order valence-corrected chi connectivity index (χ1v) is 10.7. The lowest BCUT2D eigenvalue weighted by molar-refractivity contribution is -0.894. The summed E-state index contributed by atoms with van der Waals surface area (Å²) in [6, 6.07) is 10.2. The van der Waals surface area contributed by atoms with Crippen LogP contribution in [0.1, 0.15) is 39.5 Å². The van der Waals surface area contributed by atoms with Crippen LogP contribution in [0.15, 0.2) is 36.4 Å². The largest absolute Gasteiger partial charge is 0.490 e. The number of benzene rings is 2. The number of fused-ring (bicyclic) bond motifs is 2. The molecule has 2 N–H and O–H groups in total. The minimum Gasteiger partial charge on any atom is -0.490 e. The summed E-state index contributed by atoms with van der Waals surface area (Å²) in [5.74, 6) is 1.59. The smallest absolute Gasteiger partial charge is 0.375 e. The molecule has 1 unspecified atom stereocenters. The summed E-state index contributed by atoms with van der Waals surface area (Å²) in [5.41, 5.74) is 1.63. The molecule has 8 heteroatoms. The summed E-state index contributed by atoms with van der Waals surface area (Å²) in [6.45, 7) is 5.14. The average molecular weight is 445 g/mol. The summed E-state index contributed by atoms with van der Waals surface area (Å²) >= 11 is 0. The lowest BCUT2D eigenvalue weighted by Crippen LogP contribution is -2.43. The molecule has 172 valence electrons. The highest BCUT2D eigenvalue weighted by Crippen LogP contribution is 2.31. The van der Waals surface area contributed by atoms with Crippen LogP contribution >= 0.6 is 0 Å². The van der Waals surface area contributed by atoms with E-state index in [1.807, 2.05) is 0 Å². The predicted octanol–water partition coefficient (Wildman–Crippen LogP) is 3.23. The standard InChI is InChI=1S/C14H14N2O4.C10H18O2/c1-19-11-7-3-5-9-13(11)15(17)10-6-4-8-12(20-2)14(10)16(9)18;1-10(2)7-9(8-12-10)5-3-4-6-11/h3-8,17-18H,1-2H3;6,9H,3-5,7-8H2,1-2H3/q+2;. The van der Waals surface area contributed by atoms with Gasteiger partial charge in [-0.25, -0.2) is 0 Å². The van der Waals surface area contributed by atoms with Gasteiger partial charge in [0.25, 0.3) is 0 Å². The number of carbonyl (C=O) groups is 1. The van der Waals surface area contributed by atoms with Gasteiger partial charge < -0.3 is 19.0 Å². The van der Waals surface area contributed by atoms with Gasteiger partial charge in [0, 0.05) is 28.0 Å². The van der Waals surface area contributed by atoms with Crippen molar-refractivity contribution < 1.29 is 38.9 Å². The van der Waals surface area contributed by atoms with Crippen LogP contribution in [0.25, 0.3) is 22.1 Å². The van der Waals surface area contributed by atoms with Crippen molar-refractivity contribution in [1.82, 2.24) is 0 Å². The summed E-state index contributed by atoms with van der Waals surface area (Å²) in [5, 5.41) is 20.8. The van der Waals surface area contributed by atoms with Gasteiger partial charge in [-0.05, 0) is 51.2 Å². The second kappa shape index (κ2) is 9.99. The molecule has 1 saturated heterocycles. The zero-order chi connectivity index (χ0) is 23.3. The highest BCUT2D eigenvalue weighted by Gasteiger charge is 2.34. The van der Waals surface area contributed by atoms with Crippen LogP contribution in [0, 0.1) is 5.92 Å². The molecule has 2 heterocycles. The average Bonchev–Trinajstić information content (AvgIpc) is 3.15. The minimum absolute atomic E-state index is 0.0752. The van der Waals surface area contributed by atoms with Crippen LogP contribution in [0.5, 0.6) is 11.5 Å². The monoisotopic (exact) mass is 444 g/mol. The fourth-order valence-corrected chi connectivity index (χ4v) is 4.19. The molecule has 0 spiro atoms. The molecular weight excluding hydrogens is 412 g/mol. The van der Waals surface area contributed by atoms with Crippen molar-refractivity contribution in [2.75, 3.05) is 20.8 Å². The quantitative estimate of drug-likeness (QED) is 0.199. The Labute approximate surface area is 187 Å². The summed E-state index contributed by atoms with van der Waals surface area (Å²) in [7, 11) is 3.01. The number of carbonyl (C=O) groups excluding carboxylic acids is 1. The molecule has 0 amide bonds. The molecule has 3 aromatic rings. The van der Waals surface area contributed by atoms with E-state index in [4.69, 9.17) is 14.2 Å². The third kappa shape index (κ3) is 4.85. The highest BCUT2D eigenvalue weighted by molar-refractivity contribution is 5.82. The molecule has 1 fully saturated rings. The Bertz CT molecular complexity index is 1030. The number of ether oxygens (including phenoxy) is 3. The first kappa shape index (κ1) is 23.5. The van der Waals surface area contributed by atoms with Crippen molar-refractivity contribution in [3.8, 4) is 11.5 Å². The lowest BCUT2D eigenvalue weighted by atomic mass is 9.94. The van der Waals surface area contributed by atoms with Gasteiger partial charge in [0.2, 0.25) is 11.5 Å². The molecule has 0 aliphatic carbocycles. The Morgan fingerprint density at radius 2 is 1.56 bits per heavy atom. The van der Waals surface area contributed by atoms with Crippen LogP contribution in [0.3, 0.4) is 0 Å². The van der Waals surface area contributed by atoms with E-state index in [1.54, 1.807) is 36.4 Å². The van der Waals surface area contributed by atoms with E-state index in [1.165, 1.54) is 14.2 Å². The maximum Gasteiger partial charge on any atom is 0.375 e. The van der Waals surface area contributed by atoms with E-state index >= 15 is 0 Å². The second-order valence-corrected chi connectivity index (χ2v) is 8.52. The molecule has 0 radical (unpaired) electrons. The summed E-state index contributed by atoms with van der Waals surface area (Å²) in [6.07, 6.45) is 5.01.